The molecule has 0 fully saturated rings. The average Bonchev–Trinajstić information content (AvgIpc) is 3.04. The van der Waals surface area contributed by atoms with E-state index in [-0.39, 0.29) is 18.0 Å². The number of halogens is 1. The van der Waals surface area contributed by atoms with E-state index in [0.717, 1.165) is 36.3 Å². The standard InChI is InChI=1S/C21H24N2OS.ClH/c1-4-17-11-19(15(3)23-21(17)24)20-9-8-18(25-20)13-22-12-16-7-5-6-14(2)10-16;/h5-11,22H,4,12-13H2,1-3H3,(H,23,24);1H. The first-order valence-corrected chi connectivity index (χ1v) is 9.46. The first kappa shape index (κ1) is 20.4. The summed E-state index contributed by atoms with van der Waals surface area (Å²) in [6.07, 6.45) is 0.749. The Labute approximate surface area is 164 Å². The maximum Gasteiger partial charge on any atom is 0.251 e. The number of hydrogen-bond donors (Lipinski definition) is 2. The molecule has 0 atom stereocenters. The van der Waals surface area contributed by atoms with Gasteiger partial charge in [-0.05, 0) is 44.0 Å². The lowest BCUT2D eigenvalue weighted by Crippen LogP contribution is -2.13. The third-order valence-corrected chi connectivity index (χ3v) is 5.45. The van der Waals surface area contributed by atoms with Gasteiger partial charge in [0.05, 0.1) is 0 Å². The van der Waals surface area contributed by atoms with Crippen LogP contribution in [0.2, 0.25) is 0 Å². The molecule has 0 bridgehead atoms. The summed E-state index contributed by atoms with van der Waals surface area (Å²) in [6.45, 7) is 7.81. The number of aryl methyl sites for hydroxylation is 3. The van der Waals surface area contributed by atoms with Crippen molar-refractivity contribution in [2.75, 3.05) is 0 Å². The number of thiophene rings is 1. The van der Waals surface area contributed by atoms with Crippen LogP contribution in [0.3, 0.4) is 0 Å². The van der Waals surface area contributed by atoms with E-state index in [4.69, 9.17) is 0 Å². The van der Waals surface area contributed by atoms with Crippen molar-refractivity contribution in [3.05, 3.63) is 80.1 Å². The molecule has 0 aliphatic rings. The van der Waals surface area contributed by atoms with Crippen LogP contribution in [0.4, 0.5) is 0 Å². The zero-order chi connectivity index (χ0) is 17.8. The third-order valence-electron chi connectivity index (χ3n) is 4.33. The highest BCUT2D eigenvalue weighted by Gasteiger charge is 2.09. The zero-order valence-electron chi connectivity index (χ0n) is 15.4. The molecule has 138 valence electrons. The van der Waals surface area contributed by atoms with Crippen LogP contribution < -0.4 is 10.9 Å². The monoisotopic (exact) mass is 388 g/mol. The molecular formula is C21H25ClN2OS. The fourth-order valence-corrected chi connectivity index (χ4v) is 4.01. The summed E-state index contributed by atoms with van der Waals surface area (Å²) in [6, 6.07) is 14.9. The van der Waals surface area contributed by atoms with E-state index >= 15 is 0 Å². The van der Waals surface area contributed by atoms with Crippen LogP contribution >= 0.6 is 23.7 Å². The van der Waals surface area contributed by atoms with Gasteiger partial charge in [-0.3, -0.25) is 4.79 Å². The van der Waals surface area contributed by atoms with E-state index < -0.39 is 0 Å². The summed E-state index contributed by atoms with van der Waals surface area (Å²) in [4.78, 5) is 17.4. The SMILES string of the molecule is CCc1cc(-c2ccc(CNCc3cccc(C)c3)s2)c(C)[nH]c1=O.Cl. The fourth-order valence-electron chi connectivity index (χ4n) is 2.95. The molecule has 0 aliphatic heterocycles. The Morgan fingerprint density at radius 2 is 1.88 bits per heavy atom. The highest BCUT2D eigenvalue weighted by Crippen LogP contribution is 2.30. The van der Waals surface area contributed by atoms with Gasteiger partial charge in [0.2, 0.25) is 0 Å². The first-order chi connectivity index (χ1) is 12.1. The number of hydrogen-bond acceptors (Lipinski definition) is 3. The van der Waals surface area contributed by atoms with E-state index in [0.29, 0.717) is 0 Å². The number of aromatic nitrogens is 1. The first-order valence-electron chi connectivity index (χ1n) is 8.65. The molecule has 0 unspecified atom stereocenters. The number of aromatic amines is 1. The number of pyridine rings is 1. The molecule has 1 aromatic carbocycles. The third kappa shape index (κ3) is 4.85. The largest absolute Gasteiger partial charge is 0.326 e. The summed E-state index contributed by atoms with van der Waals surface area (Å²) in [7, 11) is 0. The highest BCUT2D eigenvalue weighted by atomic mass is 35.5. The molecule has 2 heterocycles. The Kier molecular flexibility index (Phi) is 7.21. The summed E-state index contributed by atoms with van der Waals surface area (Å²) in [5.74, 6) is 0. The van der Waals surface area contributed by atoms with Crippen molar-refractivity contribution in [1.29, 1.82) is 0 Å². The molecule has 0 saturated carbocycles. The highest BCUT2D eigenvalue weighted by molar-refractivity contribution is 7.15. The van der Waals surface area contributed by atoms with Crippen LogP contribution in [0.1, 0.15) is 34.2 Å². The van der Waals surface area contributed by atoms with Gasteiger partial charge in [-0.25, -0.2) is 0 Å². The van der Waals surface area contributed by atoms with Gasteiger partial charge >= 0.3 is 0 Å². The normalized spacial score (nSPS) is 10.6. The van der Waals surface area contributed by atoms with E-state index in [9.17, 15) is 4.79 Å². The van der Waals surface area contributed by atoms with Crippen LogP contribution in [0.15, 0.2) is 47.3 Å². The maximum atomic E-state index is 11.9. The van der Waals surface area contributed by atoms with Gasteiger partial charge in [-0.1, -0.05) is 36.8 Å². The molecule has 0 radical (unpaired) electrons. The molecule has 2 N–H and O–H groups in total. The molecule has 0 saturated heterocycles. The van der Waals surface area contributed by atoms with Crippen LogP contribution in [-0.4, -0.2) is 4.98 Å². The minimum atomic E-state index is 0. The van der Waals surface area contributed by atoms with Crippen molar-refractivity contribution in [1.82, 2.24) is 10.3 Å². The summed E-state index contributed by atoms with van der Waals surface area (Å²) in [5, 5.41) is 3.51. The zero-order valence-corrected chi connectivity index (χ0v) is 17.0. The number of rotatable bonds is 6. The van der Waals surface area contributed by atoms with E-state index in [1.807, 2.05) is 19.9 Å². The van der Waals surface area contributed by atoms with Crippen LogP contribution in [-0.2, 0) is 19.5 Å². The van der Waals surface area contributed by atoms with Gasteiger partial charge < -0.3 is 10.3 Å². The molecule has 3 rings (SSSR count). The lowest BCUT2D eigenvalue weighted by molar-refractivity contribution is 0.700. The predicted molar refractivity (Wildman–Crippen MR) is 113 cm³/mol. The van der Waals surface area contributed by atoms with Crippen LogP contribution in [0.25, 0.3) is 10.4 Å². The van der Waals surface area contributed by atoms with Gasteiger partial charge in [0, 0.05) is 39.7 Å². The molecular weight excluding hydrogens is 364 g/mol. The second kappa shape index (κ2) is 9.17. The van der Waals surface area contributed by atoms with Crippen molar-refractivity contribution in [2.45, 2.75) is 40.3 Å². The molecule has 3 aromatic rings. The van der Waals surface area contributed by atoms with Gasteiger partial charge in [0.25, 0.3) is 5.56 Å². The number of nitrogens with one attached hydrogen (secondary N) is 2. The predicted octanol–water partition coefficient (Wildman–Crippen LogP) is 4.99. The number of benzene rings is 1. The Bertz CT molecular complexity index is 930. The molecule has 0 spiro atoms. The van der Waals surface area contributed by atoms with Gasteiger partial charge in [0.15, 0.2) is 0 Å². The second-order valence-corrected chi connectivity index (χ2v) is 7.54. The lowest BCUT2D eigenvalue weighted by atomic mass is 10.1. The summed E-state index contributed by atoms with van der Waals surface area (Å²) in [5.41, 5.74) is 5.53. The lowest BCUT2D eigenvalue weighted by Gasteiger charge is -2.06. The van der Waals surface area contributed by atoms with Gasteiger partial charge in [0.1, 0.15) is 0 Å². The van der Waals surface area contributed by atoms with Crippen LogP contribution in [0, 0.1) is 13.8 Å². The van der Waals surface area contributed by atoms with Crippen molar-refractivity contribution in [3.8, 4) is 10.4 Å². The van der Waals surface area contributed by atoms with Crippen molar-refractivity contribution in [2.24, 2.45) is 0 Å². The Morgan fingerprint density at radius 1 is 1.08 bits per heavy atom. The molecule has 26 heavy (non-hydrogen) atoms. The Hall–Kier alpha value is -1.88. The molecule has 2 aromatic heterocycles. The molecule has 0 aliphatic carbocycles. The minimum Gasteiger partial charge on any atom is -0.326 e. The van der Waals surface area contributed by atoms with Gasteiger partial charge in [-0.15, -0.1) is 23.7 Å². The fraction of sp³-hybridized carbons (Fsp3) is 0.286. The van der Waals surface area contributed by atoms with E-state index in [1.165, 1.54) is 20.9 Å². The average molecular weight is 389 g/mol. The van der Waals surface area contributed by atoms with Crippen LogP contribution in [0.5, 0.6) is 0 Å². The Morgan fingerprint density at radius 3 is 2.62 bits per heavy atom. The minimum absolute atomic E-state index is 0. The van der Waals surface area contributed by atoms with Crippen molar-refractivity contribution >= 4 is 23.7 Å². The molecule has 0 amide bonds. The molecule has 5 heteroatoms. The second-order valence-electron chi connectivity index (χ2n) is 6.37. The summed E-state index contributed by atoms with van der Waals surface area (Å²) >= 11 is 1.78. The maximum absolute atomic E-state index is 11.9. The number of H-pyrrole nitrogens is 1. The van der Waals surface area contributed by atoms with Crippen molar-refractivity contribution in [3.63, 3.8) is 0 Å². The van der Waals surface area contributed by atoms with Gasteiger partial charge in [-0.2, -0.15) is 0 Å². The van der Waals surface area contributed by atoms with Crippen molar-refractivity contribution < 1.29 is 0 Å². The molecule has 3 nitrogen and oxygen atoms in total. The summed E-state index contributed by atoms with van der Waals surface area (Å²) < 4.78 is 0. The Balaban J connectivity index is 0.00000243. The topological polar surface area (TPSA) is 44.9 Å². The van der Waals surface area contributed by atoms with E-state index in [1.54, 1.807) is 11.3 Å². The smallest absolute Gasteiger partial charge is 0.251 e. The van der Waals surface area contributed by atoms with E-state index in [2.05, 4.69) is 53.6 Å². The quantitative estimate of drug-likeness (QED) is 0.624.